The molecule has 1 aromatic carbocycles. The van der Waals surface area contributed by atoms with E-state index in [1.165, 1.54) is 17.5 Å². The van der Waals surface area contributed by atoms with Gasteiger partial charge in [-0.25, -0.2) is 0 Å². The second-order valence-electron chi connectivity index (χ2n) is 6.72. The number of hydrogen-bond acceptors (Lipinski definition) is 3. The molecule has 0 radical (unpaired) electrons. The maximum Gasteiger partial charge on any atom is 0.123 e. The summed E-state index contributed by atoms with van der Waals surface area (Å²) in [6, 6.07) is 7.20. The van der Waals surface area contributed by atoms with Gasteiger partial charge in [0.2, 0.25) is 0 Å². The minimum Gasteiger partial charge on any atom is -0.496 e. The molecule has 0 amide bonds. The summed E-state index contributed by atoms with van der Waals surface area (Å²) in [6.45, 7) is 9.92. The molecule has 2 atom stereocenters. The monoisotopic (exact) mass is 292 g/mol. The van der Waals surface area contributed by atoms with E-state index in [4.69, 9.17) is 4.74 Å². The molecule has 0 aliphatic heterocycles. The number of ether oxygens (including phenoxy) is 1. The molecular weight excluding hydrogens is 260 g/mol. The van der Waals surface area contributed by atoms with E-state index in [1.807, 2.05) is 0 Å². The summed E-state index contributed by atoms with van der Waals surface area (Å²) in [7, 11) is 6.01. The van der Waals surface area contributed by atoms with Crippen molar-refractivity contribution >= 4 is 0 Å². The van der Waals surface area contributed by atoms with Crippen LogP contribution in [0.5, 0.6) is 5.75 Å². The SMILES string of the molecule is COc1cc(C)ccc1C(C)NC(CC(C)C)CN(C)C. The van der Waals surface area contributed by atoms with E-state index in [9.17, 15) is 0 Å². The van der Waals surface area contributed by atoms with E-state index in [0.29, 0.717) is 12.0 Å². The fourth-order valence-electron chi connectivity index (χ4n) is 2.82. The van der Waals surface area contributed by atoms with Gasteiger partial charge in [0.15, 0.2) is 0 Å². The van der Waals surface area contributed by atoms with Crippen molar-refractivity contribution in [1.29, 1.82) is 0 Å². The molecule has 0 saturated heterocycles. The average molecular weight is 292 g/mol. The highest BCUT2D eigenvalue weighted by atomic mass is 16.5. The van der Waals surface area contributed by atoms with Crippen LogP contribution in [-0.2, 0) is 0 Å². The number of nitrogens with one attached hydrogen (secondary N) is 1. The van der Waals surface area contributed by atoms with Crippen molar-refractivity contribution in [3.63, 3.8) is 0 Å². The molecule has 0 aromatic heterocycles. The molecule has 2 unspecified atom stereocenters. The molecule has 0 aliphatic rings. The Morgan fingerprint density at radius 2 is 1.86 bits per heavy atom. The van der Waals surface area contributed by atoms with Crippen LogP contribution in [-0.4, -0.2) is 38.7 Å². The Kier molecular flexibility index (Phi) is 7.20. The lowest BCUT2D eigenvalue weighted by Crippen LogP contribution is -2.40. The van der Waals surface area contributed by atoms with Gasteiger partial charge >= 0.3 is 0 Å². The minimum absolute atomic E-state index is 0.282. The molecule has 21 heavy (non-hydrogen) atoms. The van der Waals surface area contributed by atoms with E-state index in [1.54, 1.807) is 7.11 Å². The van der Waals surface area contributed by atoms with Crippen LogP contribution in [0.3, 0.4) is 0 Å². The predicted molar refractivity (Wildman–Crippen MR) is 91.1 cm³/mol. The van der Waals surface area contributed by atoms with Crippen molar-refractivity contribution < 1.29 is 4.74 Å². The molecule has 3 heteroatoms. The van der Waals surface area contributed by atoms with Crippen LogP contribution in [0.15, 0.2) is 18.2 Å². The number of rotatable bonds is 8. The molecule has 3 nitrogen and oxygen atoms in total. The second kappa shape index (κ2) is 8.40. The lowest BCUT2D eigenvalue weighted by atomic mass is 10.00. The highest BCUT2D eigenvalue weighted by Gasteiger charge is 2.18. The summed E-state index contributed by atoms with van der Waals surface area (Å²) >= 11 is 0. The first-order valence-corrected chi connectivity index (χ1v) is 7.88. The first-order chi connectivity index (χ1) is 9.83. The van der Waals surface area contributed by atoms with Crippen molar-refractivity contribution in [1.82, 2.24) is 10.2 Å². The number of methoxy groups -OCH3 is 1. The van der Waals surface area contributed by atoms with Crippen molar-refractivity contribution in [3.05, 3.63) is 29.3 Å². The minimum atomic E-state index is 0.282. The summed E-state index contributed by atoms with van der Waals surface area (Å²) in [5.74, 6) is 1.66. The van der Waals surface area contributed by atoms with Gasteiger partial charge in [-0.1, -0.05) is 26.0 Å². The predicted octanol–water partition coefficient (Wildman–Crippen LogP) is 3.63. The van der Waals surface area contributed by atoms with Crippen molar-refractivity contribution in [2.75, 3.05) is 27.7 Å². The Bertz CT molecular complexity index is 419. The van der Waals surface area contributed by atoms with Gasteiger partial charge in [0.1, 0.15) is 5.75 Å². The zero-order valence-corrected chi connectivity index (χ0v) is 14.7. The highest BCUT2D eigenvalue weighted by Crippen LogP contribution is 2.26. The van der Waals surface area contributed by atoms with Crippen LogP contribution in [0.2, 0.25) is 0 Å². The van der Waals surface area contributed by atoms with E-state index in [-0.39, 0.29) is 6.04 Å². The summed E-state index contributed by atoms with van der Waals surface area (Å²) in [5.41, 5.74) is 2.46. The summed E-state index contributed by atoms with van der Waals surface area (Å²) in [6.07, 6.45) is 1.18. The molecule has 0 fully saturated rings. The average Bonchev–Trinajstić information content (AvgIpc) is 2.36. The molecule has 0 aliphatic carbocycles. The Hall–Kier alpha value is -1.06. The van der Waals surface area contributed by atoms with E-state index < -0.39 is 0 Å². The molecule has 1 aromatic rings. The molecule has 0 saturated carbocycles. The lowest BCUT2D eigenvalue weighted by Gasteiger charge is -2.28. The standard InChI is InChI=1S/C18H32N2O/c1-13(2)10-16(12-20(5)6)19-15(4)17-9-8-14(3)11-18(17)21-7/h8-9,11,13,15-16,19H,10,12H2,1-7H3. The fraction of sp³-hybridized carbons (Fsp3) is 0.667. The van der Waals surface area contributed by atoms with E-state index >= 15 is 0 Å². The van der Waals surface area contributed by atoms with Crippen molar-refractivity contribution in [3.8, 4) is 5.75 Å². The summed E-state index contributed by atoms with van der Waals surface area (Å²) in [4.78, 5) is 2.25. The van der Waals surface area contributed by atoms with Gasteiger partial charge in [0.05, 0.1) is 7.11 Å². The van der Waals surface area contributed by atoms with Gasteiger partial charge in [-0.05, 0) is 51.9 Å². The van der Waals surface area contributed by atoms with Gasteiger partial charge in [-0.15, -0.1) is 0 Å². The Balaban J connectivity index is 2.83. The largest absolute Gasteiger partial charge is 0.496 e. The number of aryl methyl sites for hydroxylation is 1. The van der Waals surface area contributed by atoms with E-state index in [0.717, 1.165) is 12.3 Å². The molecule has 0 spiro atoms. The van der Waals surface area contributed by atoms with E-state index in [2.05, 4.69) is 70.2 Å². The number of likely N-dealkylation sites (N-methyl/N-ethyl adjacent to an activating group) is 1. The third kappa shape index (κ3) is 6.06. The molecular formula is C18H32N2O. The van der Waals surface area contributed by atoms with Crippen LogP contribution in [0.4, 0.5) is 0 Å². The van der Waals surface area contributed by atoms with Crippen molar-refractivity contribution in [2.24, 2.45) is 5.92 Å². The maximum atomic E-state index is 5.54. The van der Waals surface area contributed by atoms with Crippen LogP contribution in [0.25, 0.3) is 0 Å². The van der Waals surface area contributed by atoms with Crippen LogP contribution in [0.1, 0.15) is 44.4 Å². The number of nitrogens with zero attached hydrogens (tertiary/aromatic N) is 1. The van der Waals surface area contributed by atoms with Crippen LogP contribution < -0.4 is 10.1 Å². The first-order valence-electron chi connectivity index (χ1n) is 7.88. The number of benzene rings is 1. The van der Waals surface area contributed by atoms with Gasteiger partial charge in [-0.3, -0.25) is 0 Å². The van der Waals surface area contributed by atoms with Crippen LogP contribution >= 0.6 is 0 Å². The molecule has 0 bridgehead atoms. The van der Waals surface area contributed by atoms with Gasteiger partial charge in [-0.2, -0.15) is 0 Å². The molecule has 1 rings (SSSR count). The smallest absolute Gasteiger partial charge is 0.123 e. The Labute approximate surface area is 130 Å². The normalized spacial score (nSPS) is 14.5. The quantitative estimate of drug-likeness (QED) is 0.792. The Morgan fingerprint density at radius 3 is 2.38 bits per heavy atom. The fourth-order valence-corrected chi connectivity index (χ4v) is 2.82. The molecule has 1 N–H and O–H groups in total. The second-order valence-corrected chi connectivity index (χ2v) is 6.72. The van der Waals surface area contributed by atoms with Gasteiger partial charge < -0.3 is 15.0 Å². The lowest BCUT2D eigenvalue weighted by molar-refractivity contribution is 0.288. The summed E-state index contributed by atoms with van der Waals surface area (Å²) < 4.78 is 5.54. The Morgan fingerprint density at radius 1 is 1.19 bits per heavy atom. The van der Waals surface area contributed by atoms with Crippen LogP contribution in [0, 0.1) is 12.8 Å². The molecule has 120 valence electrons. The zero-order valence-electron chi connectivity index (χ0n) is 14.7. The molecule has 0 heterocycles. The topological polar surface area (TPSA) is 24.5 Å². The maximum absolute atomic E-state index is 5.54. The highest BCUT2D eigenvalue weighted by molar-refractivity contribution is 5.39. The third-order valence-corrected chi connectivity index (χ3v) is 3.68. The first kappa shape index (κ1) is 18.0. The van der Waals surface area contributed by atoms with Crippen molar-refractivity contribution in [2.45, 2.75) is 46.2 Å². The third-order valence-electron chi connectivity index (χ3n) is 3.68. The summed E-state index contributed by atoms with van der Waals surface area (Å²) in [5, 5.41) is 3.77. The van der Waals surface area contributed by atoms with Gasteiger partial charge in [0.25, 0.3) is 0 Å². The van der Waals surface area contributed by atoms with Gasteiger partial charge in [0, 0.05) is 24.2 Å². The number of hydrogen-bond donors (Lipinski definition) is 1. The zero-order chi connectivity index (χ0) is 16.0.